The maximum Gasteiger partial charge on any atom is 0.186 e. The van der Waals surface area contributed by atoms with E-state index in [1.807, 2.05) is 13.0 Å². The normalized spacial score (nSPS) is 17.1. The molecule has 0 saturated carbocycles. The zero-order chi connectivity index (χ0) is 10.8. The number of rotatable bonds is 3. The molecule has 4 heteroatoms. The van der Waals surface area contributed by atoms with Crippen molar-refractivity contribution in [3.63, 3.8) is 0 Å². The lowest BCUT2D eigenvalue weighted by Crippen LogP contribution is -2.55. The van der Waals surface area contributed by atoms with E-state index < -0.39 is 0 Å². The topological polar surface area (TPSA) is 42.2 Å². The molecule has 1 aliphatic rings. The van der Waals surface area contributed by atoms with Crippen LogP contribution < -0.4 is 10.6 Å². The van der Waals surface area contributed by atoms with E-state index in [9.17, 15) is 0 Å². The number of anilines is 1. The summed E-state index contributed by atoms with van der Waals surface area (Å²) in [5.74, 6) is 0. The van der Waals surface area contributed by atoms with Crippen LogP contribution in [0.15, 0.2) is 12.7 Å². The largest absolute Gasteiger partial charge is 0.345 e. The molecule has 1 fully saturated rings. The van der Waals surface area contributed by atoms with Gasteiger partial charge in [0.15, 0.2) is 5.13 Å². The fourth-order valence-electron chi connectivity index (χ4n) is 1.55. The Morgan fingerprint density at radius 1 is 1.60 bits per heavy atom. The van der Waals surface area contributed by atoms with Crippen LogP contribution in [0.5, 0.6) is 0 Å². The Bertz CT molecular complexity index is 389. The molecule has 2 heterocycles. The van der Waals surface area contributed by atoms with Crippen molar-refractivity contribution in [2.75, 3.05) is 18.0 Å². The molecule has 3 nitrogen and oxygen atoms in total. The first-order valence-corrected chi connectivity index (χ1v) is 5.82. The van der Waals surface area contributed by atoms with Gasteiger partial charge in [0.25, 0.3) is 0 Å². The molecule has 0 atom stereocenters. The first-order chi connectivity index (χ1) is 7.24. The number of aromatic nitrogens is 1. The molecule has 2 N–H and O–H groups in total. The highest BCUT2D eigenvalue weighted by Crippen LogP contribution is 2.30. The van der Waals surface area contributed by atoms with Gasteiger partial charge in [-0.3, -0.25) is 0 Å². The first-order valence-electron chi connectivity index (χ1n) is 5.01. The van der Waals surface area contributed by atoms with Crippen LogP contribution in [0, 0.1) is 0 Å². The highest BCUT2D eigenvalue weighted by molar-refractivity contribution is 7.16. The minimum Gasteiger partial charge on any atom is -0.345 e. The second-order valence-corrected chi connectivity index (χ2v) is 4.62. The zero-order valence-corrected chi connectivity index (χ0v) is 9.63. The summed E-state index contributed by atoms with van der Waals surface area (Å²) in [5.41, 5.74) is 6.71. The highest BCUT2D eigenvalue weighted by atomic mass is 32.1. The van der Waals surface area contributed by atoms with E-state index in [4.69, 9.17) is 5.73 Å². The van der Waals surface area contributed by atoms with Crippen molar-refractivity contribution in [3.8, 4) is 0 Å². The van der Waals surface area contributed by atoms with Crippen LogP contribution in [0.3, 0.4) is 0 Å². The fourth-order valence-corrected chi connectivity index (χ4v) is 2.61. The summed E-state index contributed by atoms with van der Waals surface area (Å²) in [6.45, 7) is 7.61. The highest BCUT2D eigenvalue weighted by Gasteiger charge is 2.26. The summed E-state index contributed by atoms with van der Waals surface area (Å²) < 4.78 is 0. The second-order valence-electron chi connectivity index (χ2n) is 3.62. The molecule has 0 aromatic carbocycles. The molecule has 1 aromatic heterocycles. The Labute approximate surface area is 93.9 Å². The number of allylic oxidation sites excluding steroid dienone is 1. The molecular formula is C11H15N3S. The fraction of sp³-hybridized carbons (Fsp3) is 0.364. The van der Waals surface area contributed by atoms with Crippen molar-refractivity contribution in [3.05, 3.63) is 23.2 Å². The lowest BCUT2D eigenvalue weighted by Gasteiger charge is -2.36. The SMILES string of the molecule is C=Cc1nc(N2CC(N)C2)sc1/C=C\C. The van der Waals surface area contributed by atoms with Crippen LogP contribution in [-0.4, -0.2) is 24.1 Å². The van der Waals surface area contributed by atoms with Crippen LogP contribution in [-0.2, 0) is 0 Å². The quantitative estimate of drug-likeness (QED) is 0.848. The van der Waals surface area contributed by atoms with Crippen LogP contribution in [0.25, 0.3) is 12.2 Å². The monoisotopic (exact) mass is 221 g/mol. The van der Waals surface area contributed by atoms with Gasteiger partial charge in [0, 0.05) is 19.1 Å². The smallest absolute Gasteiger partial charge is 0.186 e. The molecule has 0 bridgehead atoms. The van der Waals surface area contributed by atoms with Gasteiger partial charge in [-0.2, -0.15) is 0 Å². The van der Waals surface area contributed by atoms with Gasteiger partial charge in [0.1, 0.15) is 0 Å². The Morgan fingerprint density at radius 3 is 2.87 bits per heavy atom. The van der Waals surface area contributed by atoms with E-state index in [1.54, 1.807) is 17.4 Å². The summed E-state index contributed by atoms with van der Waals surface area (Å²) in [6.07, 6.45) is 5.89. The lowest BCUT2D eigenvalue weighted by molar-refractivity contribution is 0.518. The van der Waals surface area contributed by atoms with Crippen molar-refractivity contribution in [1.29, 1.82) is 0 Å². The van der Waals surface area contributed by atoms with Gasteiger partial charge in [-0.25, -0.2) is 4.98 Å². The number of thiazole rings is 1. The third kappa shape index (κ3) is 1.96. The summed E-state index contributed by atoms with van der Waals surface area (Å²) in [4.78, 5) is 7.90. The molecule has 0 aliphatic carbocycles. The van der Waals surface area contributed by atoms with E-state index in [1.165, 1.54) is 4.88 Å². The van der Waals surface area contributed by atoms with Gasteiger partial charge < -0.3 is 10.6 Å². The van der Waals surface area contributed by atoms with Crippen LogP contribution in [0.4, 0.5) is 5.13 Å². The zero-order valence-electron chi connectivity index (χ0n) is 8.81. The minimum atomic E-state index is 0.311. The average Bonchev–Trinajstić information content (AvgIpc) is 2.57. The molecule has 0 spiro atoms. The summed E-state index contributed by atoms with van der Waals surface area (Å²) >= 11 is 1.70. The van der Waals surface area contributed by atoms with Gasteiger partial charge in [-0.15, -0.1) is 0 Å². The Morgan fingerprint density at radius 2 is 2.33 bits per heavy atom. The van der Waals surface area contributed by atoms with Crippen LogP contribution >= 0.6 is 11.3 Å². The van der Waals surface area contributed by atoms with Crippen molar-refractivity contribution in [2.24, 2.45) is 5.73 Å². The van der Waals surface area contributed by atoms with E-state index in [0.29, 0.717) is 6.04 Å². The molecule has 2 rings (SSSR count). The molecule has 0 amide bonds. The third-order valence-corrected chi connectivity index (χ3v) is 3.46. The second kappa shape index (κ2) is 4.16. The van der Waals surface area contributed by atoms with Gasteiger partial charge in [-0.1, -0.05) is 24.0 Å². The van der Waals surface area contributed by atoms with E-state index in [0.717, 1.165) is 23.9 Å². The standard InChI is InChI=1S/C11H15N3S/c1-3-5-10-9(4-2)13-11(15-10)14-6-8(12)7-14/h3-5,8H,2,6-7,12H2,1H3/b5-3-. The molecule has 1 saturated heterocycles. The first kappa shape index (κ1) is 10.4. The predicted molar refractivity (Wildman–Crippen MR) is 67.1 cm³/mol. The van der Waals surface area contributed by atoms with Gasteiger partial charge in [0.05, 0.1) is 10.6 Å². The molecule has 0 radical (unpaired) electrons. The molecule has 0 unspecified atom stereocenters. The Balaban J connectivity index is 2.22. The number of hydrogen-bond donors (Lipinski definition) is 1. The maximum absolute atomic E-state index is 5.74. The summed E-state index contributed by atoms with van der Waals surface area (Å²) in [5, 5.41) is 1.06. The molecule has 80 valence electrons. The van der Waals surface area contributed by atoms with Crippen molar-refractivity contribution < 1.29 is 0 Å². The molecule has 1 aromatic rings. The van der Waals surface area contributed by atoms with Gasteiger partial charge >= 0.3 is 0 Å². The maximum atomic E-state index is 5.74. The summed E-state index contributed by atoms with van der Waals surface area (Å²) in [6, 6.07) is 0.311. The van der Waals surface area contributed by atoms with Crippen molar-refractivity contribution >= 4 is 28.6 Å². The number of nitrogens with two attached hydrogens (primary N) is 1. The molecular weight excluding hydrogens is 206 g/mol. The van der Waals surface area contributed by atoms with E-state index >= 15 is 0 Å². The average molecular weight is 221 g/mol. The predicted octanol–water partition coefficient (Wildman–Crippen LogP) is 1.97. The van der Waals surface area contributed by atoms with Crippen LogP contribution in [0.1, 0.15) is 17.5 Å². The van der Waals surface area contributed by atoms with Crippen molar-refractivity contribution in [1.82, 2.24) is 4.98 Å². The van der Waals surface area contributed by atoms with E-state index in [-0.39, 0.29) is 0 Å². The number of hydrogen-bond acceptors (Lipinski definition) is 4. The van der Waals surface area contributed by atoms with Crippen molar-refractivity contribution in [2.45, 2.75) is 13.0 Å². The lowest BCUT2D eigenvalue weighted by atomic mass is 10.1. The third-order valence-electron chi connectivity index (χ3n) is 2.36. The van der Waals surface area contributed by atoms with Gasteiger partial charge in [0.2, 0.25) is 0 Å². The Hall–Kier alpha value is -1.13. The molecule has 1 aliphatic heterocycles. The summed E-state index contributed by atoms with van der Waals surface area (Å²) in [7, 11) is 0. The van der Waals surface area contributed by atoms with Gasteiger partial charge in [-0.05, 0) is 19.1 Å². The van der Waals surface area contributed by atoms with Crippen LogP contribution in [0.2, 0.25) is 0 Å². The molecule has 15 heavy (non-hydrogen) atoms. The number of nitrogens with zero attached hydrogens (tertiary/aromatic N) is 2. The Kier molecular flexibility index (Phi) is 2.88. The van der Waals surface area contributed by atoms with E-state index in [2.05, 4.69) is 22.5 Å². The minimum absolute atomic E-state index is 0.311.